The summed E-state index contributed by atoms with van der Waals surface area (Å²) in [6.45, 7) is 6.62. The molecule has 0 aromatic heterocycles. The highest BCUT2D eigenvalue weighted by atomic mass is 16.5. The maximum absolute atomic E-state index is 12.3. The van der Waals surface area contributed by atoms with E-state index in [1.54, 1.807) is 31.2 Å². The first-order valence-corrected chi connectivity index (χ1v) is 9.46. The lowest BCUT2D eigenvalue weighted by Crippen LogP contribution is -2.36. The van der Waals surface area contributed by atoms with Gasteiger partial charge in [-0.05, 0) is 42.3 Å². The maximum atomic E-state index is 12.3. The third-order valence-corrected chi connectivity index (χ3v) is 4.67. The Hall–Kier alpha value is -2.88. The molecule has 2 aromatic carbocycles. The SMILES string of the molecule is C[C@H](Oc1ccc(C#N)cc1)C(=O)NCc1ccc(CN2CCOCC2)cc1. The predicted octanol–water partition coefficient (Wildman–Crippen LogP) is 2.47. The van der Waals surface area contributed by atoms with Gasteiger partial charge < -0.3 is 14.8 Å². The lowest BCUT2D eigenvalue weighted by atomic mass is 10.1. The van der Waals surface area contributed by atoms with Gasteiger partial charge in [0.15, 0.2) is 6.10 Å². The highest BCUT2D eigenvalue weighted by molar-refractivity contribution is 5.80. The fourth-order valence-electron chi connectivity index (χ4n) is 2.98. The Morgan fingerprint density at radius 2 is 1.79 bits per heavy atom. The number of morpholine rings is 1. The first-order valence-electron chi connectivity index (χ1n) is 9.46. The van der Waals surface area contributed by atoms with Crippen molar-refractivity contribution < 1.29 is 14.3 Å². The molecule has 3 rings (SSSR count). The zero-order valence-corrected chi connectivity index (χ0v) is 16.1. The van der Waals surface area contributed by atoms with Crippen LogP contribution in [0.5, 0.6) is 5.75 Å². The van der Waals surface area contributed by atoms with E-state index in [9.17, 15) is 4.79 Å². The number of carbonyl (C=O) groups is 1. The molecule has 1 aliphatic heterocycles. The van der Waals surface area contributed by atoms with Crippen LogP contribution in [0.2, 0.25) is 0 Å². The highest BCUT2D eigenvalue weighted by Gasteiger charge is 2.14. The van der Waals surface area contributed by atoms with Crippen molar-refractivity contribution in [3.8, 4) is 11.8 Å². The molecule has 6 nitrogen and oxygen atoms in total. The predicted molar refractivity (Wildman–Crippen MR) is 106 cm³/mol. The number of nitrogens with zero attached hydrogens (tertiary/aromatic N) is 2. The first kappa shape index (κ1) is 19.9. The van der Waals surface area contributed by atoms with Gasteiger partial charge in [-0.3, -0.25) is 9.69 Å². The van der Waals surface area contributed by atoms with Crippen LogP contribution >= 0.6 is 0 Å². The summed E-state index contributed by atoms with van der Waals surface area (Å²) in [5.41, 5.74) is 2.86. The first-order chi connectivity index (χ1) is 13.6. The smallest absolute Gasteiger partial charge is 0.261 e. The van der Waals surface area contributed by atoms with Gasteiger partial charge in [-0.25, -0.2) is 0 Å². The fourth-order valence-corrected chi connectivity index (χ4v) is 2.98. The molecular weight excluding hydrogens is 354 g/mol. The number of hydrogen-bond acceptors (Lipinski definition) is 5. The van der Waals surface area contributed by atoms with E-state index in [-0.39, 0.29) is 5.91 Å². The van der Waals surface area contributed by atoms with Crippen molar-refractivity contribution in [2.45, 2.75) is 26.1 Å². The van der Waals surface area contributed by atoms with E-state index in [4.69, 9.17) is 14.7 Å². The molecule has 1 fully saturated rings. The van der Waals surface area contributed by atoms with Gasteiger partial charge in [0.2, 0.25) is 0 Å². The van der Waals surface area contributed by atoms with Crippen LogP contribution in [0.15, 0.2) is 48.5 Å². The van der Waals surface area contributed by atoms with Crippen LogP contribution in [0.1, 0.15) is 23.6 Å². The van der Waals surface area contributed by atoms with Gasteiger partial charge in [0.25, 0.3) is 5.91 Å². The minimum absolute atomic E-state index is 0.179. The second kappa shape index (κ2) is 9.88. The molecule has 1 N–H and O–H groups in total. The Morgan fingerprint density at radius 3 is 2.43 bits per heavy atom. The maximum Gasteiger partial charge on any atom is 0.261 e. The zero-order valence-electron chi connectivity index (χ0n) is 16.1. The third-order valence-electron chi connectivity index (χ3n) is 4.67. The van der Waals surface area contributed by atoms with Gasteiger partial charge in [-0.2, -0.15) is 5.26 Å². The summed E-state index contributed by atoms with van der Waals surface area (Å²) in [6.07, 6.45) is -0.617. The van der Waals surface area contributed by atoms with E-state index in [0.717, 1.165) is 38.4 Å². The Labute approximate surface area is 165 Å². The van der Waals surface area contributed by atoms with Crippen LogP contribution in [0.25, 0.3) is 0 Å². The number of benzene rings is 2. The lowest BCUT2D eigenvalue weighted by molar-refractivity contribution is -0.127. The molecule has 1 amide bonds. The van der Waals surface area contributed by atoms with Gasteiger partial charge >= 0.3 is 0 Å². The number of nitriles is 1. The zero-order chi connectivity index (χ0) is 19.8. The van der Waals surface area contributed by atoms with Crippen LogP contribution in [-0.2, 0) is 22.6 Å². The Balaban J connectivity index is 1.44. The van der Waals surface area contributed by atoms with Crippen molar-refractivity contribution in [3.05, 3.63) is 65.2 Å². The number of ether oxygens (including phenoxy) is 2. The molecule has 6 heteroatoms. The van der Waals surface area contributed by atoms with Crippen molar-refractivity contribution in [2.75, 3.05) is 26.3 Å². The standard InChI is InChI=1S/C22H25N3O3/c1-17(28-21-8-6-18(14-23)7-9-21)22(26)24-15-19-2-4-20(5-3-19)16-25-10-12-27-13-11-25/h2-9,17H,10-13,15-16H2,1H3,(H,24,26)/t17-/m0/s1. The molecule has 0 spiro atoms. The summed E-state index contributed by atoms with van der Waals surface area (Å²) < 4.78 is 11.0. The summed E-state index contributed by atoms with van der Waals surface area (Å²) in [4.78, 5) is 14.6. The Morgan fingerprint density at radius 1 is 1.14 bits per heavy atom. The molecule has 0 saturated carbocycles. The number of amides is 1. The van der Waals surface area contributed by atoms with Crippen LogP contribution in [0.4, 0.5) is 0 Å². The molecule has 1 aliphatic rings. The molecule has 0 bridgehead atoms. The molecule has 0 radical (unpaired) electrons. The molecule has 0 unspecified atom stereocenters. The minimum Gasteiger partial charge on any atom is -0.481 e. The molecule has 28 heavy (non-hydrogen) atoms. The van der Waals surface area contributed by atoms with Crippen molar-refractivity contribution in [1.82, 2.24) is 10.2 Å². The van der Waals surface area contributed by atoms with Crippen molar-refractivity contribution in [2.24, 2.45) is 0 Å². The van der Waals surface area contributed by atoms with Crippen LogP contribution < -0.4 is 10.1 Å². The quantitative estimate of drug-likeness (QED) is 0.800. The monoisotopic (exact) mass is 379 g/mol. The van der Waals surface area contributed by atoms with Gasteiger partial charge in [0.1, 0.15) is 5.75 Å². The van der Waals surface area contributed by atoms with Crippen LogP contribution in [-0.4, -0.2) is 43.2 Å². The van der Waals surface area contributed by atoms with Gasteiger partial charge in [-0.15, -0.1) is 0 Å². The highest BCUT2D eigenvalue weighted by Crippen LogP contribution is 2.14. The van der Waals surface area contributed by atoms with Crippen LogP contribution in [0.3, 0.4) is 0 Å². The summed E-state index contributed by atoms with van der Waals surface area (Å²) >= 11 is 0. The number of carbonyl (C=O) groups excluding carboxylic acids is 1. The summed E-state index contributed by atoms with van der Waals surface area (Å²) in [5, 5.41) is 11.7. The Bertz CT molecular complexity index is 806. The molecular formula is C22H25N3O3. The van der Waals surface area contributed by atoms with E-state index in [2.05, 4.69) is 28.4 Å². The van der Waals surface area contributed by atoms with Crippen molar-refractivity contribution >= 4 is 5.91 Å². The van der Waals surface area contributed by atoms with Gasteiger partial charge in [0.05, 0.1) is 24.8 Å². The topological polar surface area (TPSA) is 74.6 Å². The fraction of sp³-hybridized carbons (Fsp3) is 0.364. The van der Waals surface area contributed by atoms with E-state index in [1.807, 2.05) is 12.1 Å². The molecule has 0 aliphatic carbocycles. The lowest BCUT2D eigenvalue weighted by Gasteiger charge is -2.26. The normalized spacial score (nSPS) is 15.4. The van der Waals surface area contributed by atoms with Gasteiger partial charge in [0, 0.05) is 26.2 Å². The average Bonchev–Trinajstić information content (AvgIpc) is 2.74. The van der Waals surface area contributed by atoms with E-state index < -0.39 is 6.10 Å². The van der Waals surface area contributed by atoms with E-state index in [1.165, 1.54) is 5.56 Å². The summed E-state index contributed by atoms with van der Waals surface area (Å²) in [5.74, 6) is 0.385. The minimum atomic E-state index is -0.617. The number of nitrogens with one attached hydrogen (secondary N) is 1. The average molecular weight is 379 g/mol. The molecule has 1 saturated heterocycles. The molecule has 1 heterocycles. The second-order valence-electron chi connectivity index (χ2n) is 6.82. The molecule has 146 valence electrons. The summed E-state index contributed by atoms with van der Waals surface area (Å²) in [7, 11) is 0. The third kappa shape index (κ3) is 5.81. The van der Waals surface area contributed by atoms with E-state index >= 15 is 0 Å². The second-order valence-corrected chi connectivity index (χ2v) is 6.82. The number of hydrogen-bond donors (Lipinski definition) is 1. The van der Waals surface area contributed by atoms with Crippen molar-refractivity contribution in [1.29, 1.82) is 5.26 Å². The molecule has 1 atom stereocenters. The Kier molecular flexibility index (Phi) is 7.01. The van der Waals surface area contributed by atoms with Crippen LogP contribution in [0, 0.1) is 11.3 Å². The molecule has 2 aromatic rings. The number of rotatable bonds is 7. The van der Waals surface area contributed by atoms with E-state index in [0.29, 0.717) is 17.9 Å². The largest absolute Gasteiger partial charge is 0.481 e. The summed E-state index contributed by atoms with van der Waals surface area (Å²) in [6, 6.07) is 17.1. The van der Waals surface area contributed by atoms with Gasteiger partial charge in [-0.1, -0.05) is 24.3 Å². The van der Waals surface area contributed by atoms with Crippen molar-refractivity contribution in [3.63, 3.8) is 0 Å².